The average Bonchev–Trinajstić information content (AvgIpc) is 3.13. The van der Waals surface area contributed by atoms with Crippen molar-refractivity contribution in [1.29, 1.82) is 0 Å². The van der Waals surface area contributed by atoms with Crippen LogP contribution in [0.3, 0.4) is 0 Å². The Morgan fingerprint density at radius 2 is 1.97 bits per heavy atom. The van der Waals surface area contributed by atoms with Crippen LogP contribution in [0.1, 0.15) is 30.1 Å². The third kappa shape index (κ3) is 3.37. The van der Waals surface area contributed by atoms with Gasteiger partial charge in [0.2, 0.25) is 0 Å². The molecule has 30 heavy (non-hydrogen) atoms. The second-order valence-electron chi connectivity index (χ2n) is 7.68. The number of nitrogens with two attached hydrogens (primary N) is 1. The summed E-state index contributed by atoms with van der Waals surface area (Å²) in [5.74, 6) is 2.51. The molecule has 3 N–H and O–H groups in total. The van der Waals surface area contributed by atoms with Gasteiger partial charge in [0.05, 0.1) is 0 Å². The van der Waals surface area contributed by atoms with Crippen LogP contribution in [0.25, 0.3) is 16.8 Å². The minimum absolute atomic E-state index is 0.357. The predicted octanol–water partition coefficient (Wildman–Crippen LogP) is 3.42. The fourth-order valence-corrected chi connectivity index (χ4v) is 3.98. The lowest BCUT2D eigenvalue weighted by Gasteiger charge is -2.33. The molecule has 5 rings (SSSR count). The van der Waals surface area contributed by atoms with Gasteiger partial charge in [-0.2, -0.15) is 5.10 Å². The van der Waals surface area contributed by atoms with Gasteiger partial charge in [0.15, 0.2) is 5.82 Å². The van der Waals surface area contributed by atoms with Crippen molar-refractivity contribution in [2.75, 3.05) is 12.8 Å². The van der Waals surface area contributed by atoms with E-state index in [4.69, 9.17) is 15.5 Å². The molecule has 2 aromatic carbocycles. The highest BCUT2D eigenvalue weighted by Gasteiger charge is 2.34. The van der Waals surface area contributed by atoms with Gasteiger partial charge < -0.3 is 15.8 Å². The van der Waals surface area contributed by atoms with Gasteiger partial charge in [-0.05, 0) is 37.6 Å². The van der Waals surface area contributed by atoms with E-state index >= 15 is 0 Å². The van der Waals surface area contributed by atoms with Crippen LogP contribution in [0.5, 0.6) is 5.75 Å². The molecule has 0 unspecified atom stereocenters. The highest BCUT2D eigenvalue weighted by atomic mass is 16.5. The molecule has 1 aliphatic rings. The van der Waals surface area contributed by atoms with Crippen LogP contribution in [-0.2, 0) is 6.61 Å². The third-order valence-electron chi connectivity index (χ3n) is 5.75. The number of imidazole rings is 1. The van der Waals surface area contributed by atoms with Crippen LogP contribution >= 0.6 is 0 Å². The number of fused-ring (bicyclic) bond motifs is 1. The number of nitrogens with one attached hydrogen (secondary N) is 1. The van der Waals surface area contributed by atoms with Crippen LogP contribution in [-0.4, -0.2) is 32.7 Å². The second kappa shape index (κ2) is 7.76. The molecular formula is C23H24N6O. The summed E-state index contributed by atoms with van der Waals surface area (Å²) in [6.45, 7) is 0.512. The first-order valence-electron chi connectivity index (χ1n) is 10.2. The van der Waals surface area contributed by atoms with Gasteiger partial charge in [0, 0.05) is 17.5 Å². The zero-order valence-electron chi connectivity index (χ0n) is 16.8. The molecule has 0 amide bonds. The Balaban J connectivity index is 1.49. The summed E-state index contributed by atoms with van der Waals surface area (Å²) in [7, 11) is 2.00. The van der Waals surface area contributed by atoms with Crippen molar-refractivity contribution in [1.82, 2.24) is 24.9 Å². The SMILES string of the molecule is CNC1CC(c2nc(-c3cccc(OCc4ccccc4)c3)c3c(N)ncnn23)C1. The van der Waals surface area contributed by atoms with E-state index in [1.807, 2.05) is 66.2 Å². The second-order valence-corrected chi connectivity index (χ2v) is 7.68. The number of nitrogens with zero attached hydrogens (tertiary/aromatic N) is 4. The van der Waals surface area contributed by atoms with Gasteiger partial charge in [0.1, 0.15) is 35.7 Å². The Morgan fingerprint density at radius 3 is 2.77 bits per heavy atom. The summed E-state index contributed by atoms with van der Waals surface area (Å²) in [6.07, 6.45) is 3.57. The minimum Gasteiger partial charge on any atom is -0.489 e. The van der Waals surface area contributed by atoms with Gasteiger partial charge >= 0.3 is 0 Å². The van der Waals surface area contributed by atoms with Gasteiger partial charge in [-0.1, -0.05) is 42.5 Å². The summed E-state index contributed by atoms with van der Waals surface area (Å²) in [6, 6.07) is 18.6. The molecule has 7 nitrogen and oxygen atoms in total. The van der Waals surface area contributed by atoms with Gasteiger partial charge in [0.25, 0.3) is 0 Å². The van der Waals surface area contributed by atoms with Crippen LogP contribution in [0.2, 0.25) is 0 Å². The lowest BCUT2D eigenvalue weighted by atomic mass is 9.80. The molecule has 0 atom stereocenters. The zero-order valence-corrected chi connectivity index (χ0v) is 16.8. The third-order valence-corrected chi connectivity index (χ3v) is 5.75. The molecule has 1 saturated carbocycles. The van der Waals surface area contributed by atoms with Gasteiger partial charge in [-0.3, -0.25) is 0 Å². The van der Waals surface area contributed by atoms with Crippen molar-refractivity contribution in [3.63, 3.8) is 0 Å². The molecular weight excluding hydrogens is 376 g/mol. The molecule has 0 aliphatic heterocycles. The first-order valence-corrected chi connectivity index (χ1v) is 10.2. The average molecular weight is 400 g/mol. The maximum Gasteiger partial charge on any atom is 0.153 e. The van der Waals surface area contributed by atoms with Crippen LogP contribution < -0.4 is 15.8 Å². The lowest BCUT2D eigenvalue weighted by molar-refractivity contribution is 0.294. The van der Waals surface area contributed by atoms with Crippen molar-refractivity contribution in [3.05, 3.63) is 72.3 Å². The highest BCUT2D eigenvalue weighted by Crippen LogP contribution is 2.39. The number of benzene rings is 2. The maximum absolute atomic E-state index is 6.24. The number of ether oxygens (including phenoxy) is 1. The van der Waals surface area contributed by atoms with Crippen molar-refractivity contribution < 1.29 is 4.74 Å². The Hall–Kier alpha value is -3.45. The number of rotatable bonds is 6. The van der Waals surface area contributed by atoms with Crippen LogP contribution in [0, 0.1) is 0 Å². The molecule has 7 heteroatoms. The molecule has 4 aromatic rings. The Bertz CT molecular complexity index is 1170. The van der Waals surface area contributed by atoms with Crippen LogP contribution in [0.15, 0.2) is 60.9 Å². The normalized spacial score (nSPS) is 18.3. The largest absolute Gasteiger partial charge is 0.489 e. The number of hydrogen-bond donors (Lipinski definition) is 2. The first kappa shape index (κ1) is 18.6. The zero-order chi connectivity index (χ0) is 20.5. The Labute approximate surface area is 174 Å². The molecule has 0 saturated heterocycles. The predicted molar refractivity (Wildman–Crippen MR) is 116 cm³/mol. The Morgan fingerprint density at radius 1 is 1.13 bits per heavy atom. The molecule has 0 spiro atoms. The number of aromatic nitrogens is 4. The van der Waals surface area contributed by atoms with E-state index in [1.54, 1.807) is 0 Å². The molecule has 0 radical (unpaired) electrons. The van der Waals surface area contributed by atoms with E-state index in [0.717, 1.165) is 46.8 Å². The number of nitrogen functional groups attached to an aromatic ring is 1. The molecule has 2 heterocycles. The number of hydrogen-bond acceptors (Lipinski definition) is 6. The molecule has 1 fully saturated rings. The van der Waals surface area contributed by atoms with E-state index in [0.29, 0.717) is 24.4 Å². The lowest BCUT2D eigenvalue weighted by Crippen LogP contribution is -2.38. The molecule has 2 aromatic heterocycles. The minimum atomic E-state index is 0.357. The van der Waals surface area contributed by atoms with Gasteiger partial charge in [-0.15, -0.1) is 0 Å². The Kier molecular flexibility index (Phi) is 4.80. The fraction of sp³-hybridized carbons (Fsp3) is 0.261. The molecule has 0 bridgehead atoms. The molecule has 1 aliphatic carbocycles. The topological polar surface area (TPSA) is 90.4 Å². The molecule has 152 valence electrons. The quantitative estimate of drug-likeness (QED) is 0.515. The van der Waals surface area contributed by atoms with Crippen molar-refractivity contribution in [2.24, 2.45) is 0 Å². The summed E-state index contributed by atoms with van der Waals surface area (Å²) < 4.78 is 7.86. The van der Waals surface area contributed by atoms with Crippen molar-refractivity contribution >= 4 is 11.3 Å². The van der Waals surface area contributed by atoms with E-state index in [2.05, 4.69) is 15.4 Å². The smallest absolute Gasteiger partial charge is 0.153 e. The van der Waals surface area contributed by atoms with Crippen LogP contribution in [0.4, 0.5) is 5.82 Å². The van der Waals surface area contributed by atoms with E-state index in [-0.39, 0.29) is 0 Å². The monoisotopic (exact) mass is 400 g/mol. The van der Waals surface area contributed by atoms with E-state index < -0.39 is 0 Å². The maximum atomic E-state index is 6.24. The van der Waals surface area contributed by atoms with Gasteiger partial charge in [-0.25, -0.2) is 14.5 Å². The van der Waals surface area contributed by atoms with Crippen molar-refractivity contribution in [3.8, 4) is 17.0 Å². The van der Waals surface area contributed by atoms with E-state index in [1.165, 1.54) is 6.33 Å². The summed E-state index contributed by atoms with van der Waals surface area (Å²) >= 11 is 0. The number of anilines is 1. The van der Waals surface area contributed by atoms with E-state index in [9.17, 15) is 0 Å². The fourth-order valence-electron chi connectivity index (χ4n) is 3.98. The highest BCUT2D eigenvalue weighted by molar-refractivity contribution is 5.85. The van der Waals surface area contributed by atoms with Crippen molar-refractivity contribution in [2.45, 2.75) is 31.4 Å². The standard InChI is InChI=1S/C23H24N6O/c1-25-18-10-17(11-18)23-28-20(21-22(24)26-14-27-29(21)23)16-8-5-9-19(12-16)30-13-15-6-3-2-4-7-15/h2-9,12,14,17-18,25H,10-11,13H2,1H3,(H2,24,26,27). The first-order chi connectivity index (χ1) is 14.7. The summed E-state index contributed by atoms with van der Waals surface area (Å²) in [4.78, 5) is 9.17. The summed E-state index contributed by atoms with van der Waals surface area (Å²) in [5, 5.41) is 7.77. The summed E-state index contributed by atoms with van der Waals surface area (Å²) in [5.41, 5.74) is 9.85.